The largest absolute Gasteiger partial charge is 0.469 e. The Bertz CT molecular complexity index is 698. The lowest BCUT2D eigenvalue weighted by Crippen LogP contribution is -2.40. The number of hydrogen-bond donors (Lipinski definition) is 2. The zero-order valence-corrected chi connectivity index (χ0v) is 19.2. The number of nitrogens with zero attached hydrogens (tertiary/aromatic N) is 3. The molecule has 1 saturated heterocycles. The molecule has 1 aromatic heterocycles. The molecule has 0 spiro atoms. The van der Waals surface area contributed by atoms with E-state index in [1.807, 2.05) is 32.9 Å². The molecule has 0 saturated carbocycles. The van der Waals surface area contributed by atoms with Gasteiger partial charge in [-0.05, 0) is 31.9 Å². The van der Waals surface area contributed by atoms with Crippen LogP contribution in [0.5, 0.6) is 0 Å². The number of nitrogens with one attached hydrogen (secondary N) is 2. The van der Waals surface area contributed by atoms with Crippen molar-refractivity contribution in [2.45, 2.75) is 27.2 Å². The fraction of sp³-hybridized carbons (Fsp3) is 0.579. The predicted octanol–water partition coefficient (Wildman–Crippen LogP) is 2.04. The van der Waals surface area contributed by atoms with Crippen molar-refractivity contribution in [1.29, 1.82) is 0 Å². The molecular weight excluding hydrogens is 473 g/mol. The number of pyridine rings is 1. The van der Waals surface area contributed by atoms with Crippen LogP contribution in [-0.4, -0.2) is 61.0 Å². The van der Waals surface area contributed by atoms with Crippen LogP contribution in [0.4, 0.5) is 5.82 Å². The van der Waals surface area contributed by atoms with Crippen LogP contribution < -0.4 is 10.6 Å². The van der Waals surface area contributed by atoms with Crippen LogP contribution in [0.25, 0.3) is 0 Å². The number of rotatable bonds is 6. The monoisotopic (exact) mass is 503 g/mol. The number of esters is 1. The normalized spacial score (nSPS) is 19.0. The Labute approximate surface area is 183 Å². The molecule has 9 heteroatoms. The summed E-state index contributed by atoms with van der Waals surface area (Å²) < 4.78 is 4.89. The Hall–Kier alpha value is -1.91. The summed E-state index contributed by atoms with van der Waals surface area (Å²) in [5.74, 6) is 0.981. The third kappa shape index (κ3) is 6.92. The Morgan fingerprint density at radius 3 is 2.75 bits per heavy atom. The highest BCUT2D eigenvalue weighted by molar-refractivity contribution is 14.0. The molecule has 156 valence electrons. The minimum Gasteiger partial charge on any atom is -0.469 e. The van der Waals surface area contributed by atoms with Gasteiger partial charge in [-0.3, -0.25) is 14.6 Å². The maximum absolute atomic E-state index is 12.1. The highest BCUT2D eigenvalue weighted by Gasteiger charge is 2.36. The first kappa shape index (κ1) is 24.1. The standard InChI is InChI=1S/C19H29N5O3.HI/c1-5-20-19(24-11-13(2)15(12-24)18(26)27-4)21-10-9-17(25)23-16-8-6-7-14(3)22-16;/h6-8,13,15H,5,9-12H2,1-4H3,(H,20,21)(H,22,23,25);1H. The Morgan fingerprint density at radius 1 is 1.36 bits per heavy atom. The van der Waals surface area contributed by atoms with E-state index in [1.165, 1.54) is 7.11 Å². The number of aryl methyl sites for hydroxylation is 1. The molecule has 2 rings (SSSR count). The molecule has 1 aromatic rings. The summed E-state index contributed by atoms with van der Waals surface area (Å²) in [6, 6.07) is 5.49. The van der Waals surface area contributed by atoms with Crippen molar-refractivity contribution in [3.05, 3.63) is 23.9 Å². The van der Waals surface area contributed by atoms with Crippen LogP contribution in [0.2, 0.25) is 0 Å². The number of amides is 1. The molecule has 2 heterocycles. The van der Waals surface area contributed by atoms with E-state index in [2.05, 4.69) is 25.5 Å². The number of hydrogen-bond acceptors (Lipinski definition) is 5. The van der Waals surface area contributed by atoms with Gasteiger partial charge in [-0.1, -0.05) is 13.0 Å². The van der Waals surface area contributed by atoms with Gasteiger partial charge in [0.2, 0.25) is 5.91 Å². The van der Waals surface area contributed by atoms with E-state index in [-0.39, 0.29) is 54.1 Å². The van der Waals surface area contributed by atoms with E-state index < -0.39 is 0 Å². The summed E-state index contributed by atoms with van der Waals surface area (Å²) in [7, 11) is 1.42. The lowest BCUT2D eigenvalue weighted by Gasteiger charge is -2.21. The zero-order chi connectivity index (χ0) is 19.8. The molecule has 0 aromatic carbocycles. The van der Waals surface area contributed by atoms with Crippen molar-refractivity contribution in [3.8, 4) is 0 Å². The molecule has 0 bridgehead atoms. The second kappa shape index (κ2) is 11.8. The Morgan fingerprint density at radius 2 is 2.11 bits per heavy atom. The van der Waals surface area contributed by atoms with Gasteiger partial charge in [-0.25, -0.2) is 4.98 Å². The summed E-state index contributed by atoms with van der Waals surface area (Å²) in [5.41, 5.74) is 0.851. The molecule has 2 N–H and O–H groups in total. The van der Waals surface area contributed by atoms with E-state index in [0.29, 0.717) is 25.5 Å². The van der Waals surface area contributed by atoms with Crippen molar-refractivity contribution in [2.75, 3.05) is 38.6 Å². The SMILES string of the molecule is CCNC(=NCCC(=O)Nc1cccc(C)n1)N1CC(C)C(C(=O)OC)C1.I. The average Bonchev–Trinajstić information content (AvgIpc) is 3.02. The first-order valence-electron chi connectivity index (χ1n) is 9.29. The number of aliphatic imine (C=N–C) groups is 1. The van der Waals surface area contributed by atoms with Gasteiger partial charge in [-0.2, -0.15) is 0 Å². The van der Waals surface area contributed by atoms with Gasteiger partial charge >= 0.3 is 5.97 Å². The van der Waals surface area contributed by atoms with Gasteiger partial charge < -0.3 is 20.3 Å². The van der Waals surface area contributed by atoms with Gasteiger partial charge in [0, 0.05) is 31.7 Å². The fourth-order valence-corrected chi connectivity index (χ4v) is 3.11. The van der Waals surface area contributed by atoms with Crippen molar-refractivity contribution in [1.82, 2.24) is 15.2 Å². The smallest absolute Gasteiger partial charge is 0.310 e. The maximum atomic E-state index is 12.1. The number of guanidine groups is 1. The second-order valence-electron chi connectivity index (χ2n) is 6.71. The topological polar surface area (TPSA) is 95.9 Å². The molecule has 8 nitrogen and oxygen atoms in total. The van der Waals surface area contributed by atoms with E-state index in [1.54, 1.807) is 6.07 Å². The van der Waals surface area contributed by atoms with Gasteiger partial charge in [0.15, 0.2) is 5.96 Å². The number of methoxy groups -OCH3 is 1. The highest BCUT2D eigenvalue weighted by Crippen LogP contribution is 2.24. The minimum absolute atomic E-state index is 0. The number of carbonyl (C=O) groups excluding carboxylic acids is 2. The van der Waals surface area contributed by atoms with E-state index in [9.17, 15) is 9.59 Å². The lowest BCUT2D eigenvalue weighted by molar-refractivity contribution is -0.146. The highest BCUT2D eigenvalue weighted by atomic mass is 127. The van der Waals surface area contributed by atoms with Gasteiger partial charge in [0.1, 0.15) is 5.82 Å². The molecule has 0 aliphatic carbocycles. The van der Waals surface area contributed by atoms with Crippen molar-refractivity contribution >= 4 is 47.6 Å². The zero-order valence-electron chi connectivity index (χ0n) is 16.9. The van der Waals surface area contributed by atoms with E-state index in [4.69, 9.17) is 4.74 Å². The van der Waals surface area contributed by atoms with E-state index >= 15 is 0 Å². The maximum Gasteiger partial charge on any atom is 0.310 e. The van der Waals surface area contributed by atoms with Crippen molar-refractivity contribution < 1.29 is 14.3 Å². The molecule has 1 aliphatic heterocycles. The first-order chi connectivity index (χ1) is 12.9. The molecule has 1 amide bonds. The molecule has 28 heavy (non-hydrogen) atoms. The summed E-state index contributed by atoms with van der Waals surface area (Å²) in [5, 5.41) is 6.01. The van der Waals surface area contributed by atoms with Crippen LogP contribution in [0.15, 0.2) is 23.2 Å². The first-order valence-corrected chi connectivity index (χ1v) is 9.29. The lowest BCUT2D eigenvalue weighted by atomic mass is 9.99. The van der Waals surface area contributed by atoms with Gasteiger partial charge in [0.05, 0.1) is 19.6 Å². The quantitative estimate of drug-likeness (QED) is 0.267. The van der Waals surface area contributed by atoms with Crippen LogP contribution >= 0.6 is 24.0 Å². The van der Waals surface area contributed by atoms with Crippen LogP contribution in [0, 0.1) is 18.8 Å². The van der Waals surface area contributed by atoms with Crippen molar-refractivity contribution in [2.24, 2.45) is 16.8 Å². The summed E-state index contributed by atoms with van der Waals surface area (Å²) in [6.07, 6.45) is 0.258. The number of carbonyl (C=O) groups is 2. The molecular formula is C19H30IN5O3. The molecule has 1 fully saturated rings. The number of anilines is 1. The van der Waals surface area contributed by atoms with Crippen LogP contribution in [-0.2, 0) is 14.3 Å². The number of aromatic nitrogens is 1. The molecule has 1 aliphatic rings. The van der Waals surface area contributed by atoms with E-state index in [0.717, 1.165) is 18.2 Å². The summed E-state index contributed by atoms with van der Waals surface area (Å²) >= 11 is 0. The summed E-state index contributed by atoms with van der Waals surface area (Å²) in [4.78, 5) is 34.8. The fourth-order valence-electron chi connectivity index (χ4n) is 3.11. The number of likely N-dealkylation sites (tertiary alicyclic amines) is 1. The van der Waals surface area contributed by atoms with Gasteiger partial charge in [0.25, 0.3) is 0 Å². The van der Waals surface area contributed by atoms with Crippen LogP contribution in [0.3, 0.4) is 0 Å². The van der Waals surface area contributed by atoms with Gasteiger partial charge in [-0.15, -0.1) is 24.0 Å². The molecule has 0 radical (unpaired) electrons. The minimum atomic E-state index is -0.189. The Kier molecular flexibility index (Phi) is 10.2. The molecule has 2 unspecified atom stereocenters. The van der Waals surface area contributed by atoms with Crippen LogP contribution in [0.1, 0.15) is 26.0 Å². The molecule has 2 atom stereocenters. The third-order valence-corrected chi connectivity index (χ3v) is 4.51. The summed E-state index contributed by atoms with van der Waals surface area (Å²) in [6.45, 7) is 8.27. The number of halogens is 1. The average molecular weight is 503 g/mol. The Balaban J connectivity index is 0.00000392. The second-order valence-corrected chi connectivity index (χ2v) is 6.71. The number of ether oxygens (including phenoxy) is 1. The predicted molar refractivity (Wildman–Crippen MR) is 120 cm³/mol. The van der Waals surface area contributed by atoms with Crippen molar-refractivity contribution in [3.63, 3.8) is 0 Å². The third-order valence-electron chi connectivity index (χ3n) is 4.51.